The number of amides is 2. The lowest BCUT2D eigenvalue weighted by molar-refractivity contribution is -0.144. The minimum absolute atomic E-state index is 0.183. The van der Waals surface area contributed by atoms with E-state index in [2.05, 4.69) is 11.2 Å². The quantitative estimate of drug-likeness (QED) is 0.679. The van der Waals surface area contributed by atoms with E-state index in [1.165, 1.54) is 4.90 Å². The van der Waals surface area contributed by atoms with E-state index in [-0.39, 0.29) is 6.54 Å². The predicted octanol–water partition coefficient (Wildman–Crippen LogP) is 1.68. The van der Waals surface area contributed by atoms with Gasteiger partial charge < -0.3 is 15.3 Å². The van der Waals surface area contributed by atoms with E-state index < -0.39 is 17.5 Å². The van der Waals surface area contributed by atoms with E-state index >= 15 is 0 Å². The molecule has 0 unspecified atom stereocenters. The van der Waals surface area contributed by atoms with Crippen molar-refractivity contribution >= 4 is 12.0 Å². The number of hydrogen-bond acceptors (Lipinski definition) is 2. The molecule has 0 rings (SSSR count). The Balaban J connectivity index is 4.87. The third-order valence-electron chi connectivity index (χ3n) is 3.03. The lowest BCUT2D eigenvalue weighted by Crippen LogP contribution is -2.57. The molecular weight excluding hydrogens is 232 g/mol. The summed E-state index contributed by atoms with van der Waals surface area (Å²) in [7, 11) is 0. The highest BCUT2D eigenvalue weighted by Crippen LogP contribution is 2.16. The molecule has 2 N–H and O–H groups in total. The van der Waals surface area contributed by atoms with Crippen molar-refractivity contribution < 1.29 is 14.7 Å². The van der Waals surface area contributed by atoms with E-state index in [0.29, 0.717) is 19.4 Å². The molecule has 5 heteroatoms. The van der Waals surface area contributed by atoms with Gasteiger partial charge in [-0.05, 0) is 19.3 Å². The molecule has 0 saturated heterocycles. The van der Waals surface area contributed by atoms with Crippen molar-refractivity contribution in [3.63, 3.8) is 0 Å². The minimum Gasteiger partial charge on any atom is -0.480 e. The van der Waals surface area contributed by atoms with Crippen LogP contribution in [0.25, 0.3) is 0 Å². The summed E-state index contributed by atoms with van der Waals surface area (Å²) in [5.74, 6) is 1.39. The maximum atomic E-state index is 12.0. The standard InChI is InChI=1S/C13H22N2O3/c1-5-9-15(10-6-2)12(18)14-13(7-3,8-4)11(16)17/h1H,6-10H2,2-4H3,(H,14,18)(H,16,17). The molecule has 0 aliphatic carbocycles. The Labute approximate surface area is 109 Å². The molecule has 102 valence electrons. The Bertz CT molecular complexity index is 330. The van der Waals surface area contributed by atoms with E-state index in [1.807, 2.05) is 6.92 Å². The highest BCUT2D eigenvalue weighted by molar-refractivity contribution is 5.86. The van der Waals surface area contributed by atoms with Gasteiger partial charge in [-0.1, -0.05) is 26.7 Å². The zero-order valence-corrected chi connectivity index (χ0v) is 11.3. The Morgan fingerprint density at radius 2 is 1.89 bits per heavy atom. The second-order valence-electron chi connectivity index (χ2n) is 4.15. The van der Waals surface area contributed by atoms with E-state index in [1.54, 1.807) is 13.8 Å². The van der Waals surface area contributed by atoms with Crippen LogP contribution in [0.15, 0.2) is 0 Å². The first-order chi connectivity index (χ1) is 8.47. The van der Waals surface area contributed by atoms with Crippen LogP contribution in [-0.4, -0.2) is 40.6 Å². The normalized spacial score (nSPS) is 10.6. The van der Waals surface area contributed by atoms with Crippen molar-refractivity contribution in [1.29, 1.82) is 0 Å². The van der Waals surface area contributed by atoms with Crippen molar-refractivity contribution in [2.75, 3.05) is 13.1 Å². The van der Waals surface area contributed by atoms with Gasteiger partial charge in [0.05, 0.1) is 6.54 Å². The van der Waals surface area contributed by atoms with E-state index in [4.69, 9.17) is 6.42 Å². The molecule has 0 aromatic heterocycles. The monoisotopic (exact) mass is 254 g/mol. The zero-order valence-electron chi connectivity index (χ0n) is 11.3. The number of carbonyl (C=O) groups is 2. The van der Waals surface area contributed by atoms with Crippen molar-refractivity contribution in [3.8, 4) is 12.3 Å². The molecule has 0 saturated carbocycles. The zero-order chi connectivity index (χ0) is 14.2. The summed E-state index contributed by atoms with van der Waals surface area (Å²) in [5.41, 5.74) is -1.21. The number of rotatable bonds is 7. The number of carboxylic acids is 1. The lowest BCUT2D eigenvalue weighted by Gasteiger charge is -2.31. The highest BCUT2D eigenvalue weighted by Gasteiger charge is 2.37. The molecule has 0 bridgehead atoms. The van der Waals surface area contributed by atoms with Crippen LogP contribution in [0.3, 0.4) is 0 Å². The maximum absolute atomic E-state index is 12.0. The van der Waals surface area contributed by atoms with Crippen molar-refractivity contribution in [3.05, 3.63) is 0 Å². The van der Waals surface area contributed by atoms with Crippen molar-refractivity contribution in [1.82, 2.24) is 10.2 Å². The molecule has 2 amide bonds. The number of aliphatic carboxylic acids is 1. The fourth-order valence-electron chi connectivity index (χ4n) is 1.70. The fourth-order valence-corrected chi connectivity index (χ4v) is 1.70. The number of carboxylic acid groups (broad SMARTS) is 1. The lowest BCUT2D eigenvalue weighted by atomic mass is 9.93. The number of nitrogens with zero attached hydrogens (tertiary/aromatic N) is 1. The Kier molecular flexibility index (Phi) is 6.88. The molecule has 18 heavy (non-hydrogen) atoms. The van der Waals surface area contributed by atoms with Gasteiger partial charge in [0.2, 0.25) is 0 Å². The topological polar surface area (TPSA) is 69.6 Å². The first-order valence-corrected chi connectivity index (χ1v) is 6.21. The van der Waals surface area contributed by atoms with Crippen LogP contribution in [-0.2, 0) is 4.79 Å². The summed E-state index contributed by atoms with van der Waals surface area (Å²) in [6, 6.07) is -0.416. The van der Waals surface area contributed by atoms with Gasteiger partial charge in [0, 0.05) is 6.54 Å². The van der Waals surface area contributed by atoms with Crippen molar-refractivity contribution in [2.45, 2.75) is 45.6 Å². The second-order valence-corrected chi connectivity index (χ2v) is 4.15. The van der Waals surface area contributed by atoms with Gasteiger partial charge in [0.15, 0.2) is 0 Å². The number of terminal acetylenes is 1. The molecule has 0 aromatic carbocycles. The van der Waals surface area contributed by atoms with Crippen LogP contribution in [0.5, 0.6) is 0 Å². The van der Waals surface area contributed by atoms with Crippen LogP contribution >= 0.6 is 0 Å². The summed E-state index contributed by atoms with van der Waals surface area (Å²) in [6.07, 6.45) is 6.64. The molecule has 0 fully saturated rings. The van der Waals surface area contributed by atoms with Gasteiger partial charge in [0.1, 0.15) is 5.54 Å². The first kappa shape index (κ1) is 16.3. The molecular formula is C13H22N2O3. The smallest absolute Gasteiger partial charge is 0.329 e. The van der Waals surface area contributed by atoms with Crippen LogP contribution in [0, 0.1) is 12.3 Å². The summed E-state index contributed by atoms with van der Waals surface area (Å²) in [5, 5.41) is 11.8. The SMILES string of the molecule is C#CCN(CCC)C(=O)NC(CC)(CC)C(=O)O. The Morgan fingerprint density at radius 1 is 1.33 bits per heavy atom. The molecule has 0 aliphatic heterocycles. The van der Waals surface area contributed by atoms with Crippen LogP contribution in [0.4, 0.5) is 4.79 Å². The van der Waals surface area contributed by atoms with Gasteiger partial charge >= 0.3 is 12.0 Å². The summed E-state index contributed by atoms with van der Waals surface area (Å²) >= 11 is 0. The van der Waals surface area contributed by atoms with E-state index in [9.17, 15) is 14.7 Å². The summed E-state index contributed by atoms with van der Waals surface area (Å²) < 4.78 is 0. The fraction of sp³-hybridized carbons (Fsp3) is 0.692. The average Bonchev–Trinajstić information content (AvgIpc) is 2.35. The molecule has 0 radical (unpaired) electrons. The Morgan fingerprint density at radius 3 is 2.22 bits per heavy atom. The molecule has 5 nitrogen and oxygen atoms in total. The van der Waals surface area contributed by atoms with Gasteiger partial charge in [0.25, 0.3) is 0 Å². The average molecular weight is 254 g/mol. The minimum atomic E-state index is -1.21. The van der Waals surface area contributed by atoms with Gasteiger partial charge in [-0.15, -0.1) is 6.42 Å². The number of urea groups is 1. The maximum Gasteiger partial charge on any atom is 0.329 e. The van der Waals surface area contributed by atoms with Gasteiger partial charge in [-0.3, -0.25) is 0 Å². The van der Waals surface area contributed by atoms with Crippen LogP contribution in [0.1, 0.15) is 40.0 Å². The molecule has 0 aromatic rings. The number of hydrogen-bond donors (Lipinski definition) is 2. The molecule has 0 heterocycles. The third-order valence-corrected chi connectivity index (χ3v) is 3.03. The summed E-state index contributed by atoms with van der Waals surface area (Å²) in [4.78, 5) is 24.7. The van der Waals surface area contributed by atoms with E-state index in [0.717, 1.165) is 6.42 Å². The highest BCUT2D eigenvalue weighted by atomic mass is 16.4. The van der Waals surface area contributed by atoms with Gasteiger partial charge in [-0.25, -0.2) is 9.59 Å². The van der Waals surface area contributed by atoms with Gasteiger partial charge in [-0.2, -0.15) is 0 Å². The number of nitrogens with one attached hydrogen (secondary N) is 1. The molecule has 0 aliphatic rings. The Hall–Kier alpha value is -1.70. The van der Waals surface area contributed by atoms with Crippen LogP contribution in [0.2, 0.25) is 0 Å². The predicted molar refractivity (Wildman–Crippen MR) is 70.2 cm³/mol. The third kappa shape index (κ3) is 3.95. The largest absolute Gasteiger partial charge is 0.480 e. The first-order valence-electron chi connectivity index (χ1n) is 6.21. The summed E-state index contributed by atoms with van der Waals surface area (Å²) in [6.45, 7) is 6.11. The van der Waals surface area contributed by atoms with Crippen LogP contribution < -0.4 is 5.32 Å². The molecule has 0 spiro atoms. The molecule has 0 atom stereocenters. The second kappa shape index (κ2) is 7.59. The number of carbonyl (C=O) groups excluding carboxylic acids is 1. The van der Waals surface area contributed by atoms with Crippen molar-refractivity contribution in [2.24, 2.45) is 0 Å².